The molecule has 28 heavy (non-hydrogen) atoms. The van der Waals surface area contributed by atoms with Crippen molar-refractivity contribution in [3.63, 3.8) is 0 Å². The Morgan fingerprint density at radius 3 is 1.29 bits per heavy atom. The highest BCUT2D eigenvalue weighted by Gasteiger charge is 2.16. The summed E-state index contributed by atoms with van der Waals surface area (Å²) in [5, 5.41) is 18.0. The van der Waals surface area contributed by atoms with Crippen molar-refractivity contribution >= 4 is 11.9 Å². The van der Waals surface area contributed by atoms with Gasteiger partial charge in [0.25, 0.3) is 0 Å². The van der Waals surface area contributed by atoms with E-state index in [1.807, 2.05) is 0 Å². The first-order valence-electron chi connectivity index (χ1n) is 12.0. The van der Waals surface area contributed by atoms with Gasteiger partial charge in [-0.05, 0) is 19.3 Å². The van der Waals surface area contributed by atoms with Gasteiger partial charge in [0.2, 0.25) is 0 Å². The summed E-state index contributed by atoms with van der Waals surface area (Å²) in [6, 6.07) is 0. The van der Waals surface area contributed by atoms with E-state index in [2.05, 4.69) is 6.92 Å². The molecule has 0 aliphatic heterocycles. The van der Waals surface area contributed by atoms with Crippen LogP contribution in [0.3, 0.4) is 0 Å². The zero-order valence-corrected chi connectivity index (χ0v) is 18.4. The van der Waals surface area contributed by atoms with Gasteiger partial charge in [-0.15, -0.1) is 0 Å². The van der Waals surface area contributed by atoms with E-state index in [-0.39, 0.29) is 12.3 Å². The summed E-state index contributed by atoms with van der Waals surface area (Å²) in [5.41, 5.74) is 0. The number of hydrogen-bond acceptors (Lipinski definition) is 2. The quantitative estimate of drug-likeness (QED) is 0.184. The van der Waals surface area contributed by atoms with E-state index < -0.39 is 11.9 Å². The smallest absolute Gasteiger partial charge is 0.306 e. The summed E-state index contributed by atoms with van der Waals surface area (Å²) in [5.74, 6) is -1.46. The van der Waals surface area contributed by atoms with Gasteiger partial charge in [-0.3, -0.25) is 9.59 Å². The molecule has 0 bridgehead atoms. The van der Waals surface area contributed by atoms with Crippen LogP contribution in [0.15, 0.2) is 0 Å². The highest BCUT2D eigenvalue weighted by molar-refractivity contribution is 5.69. The van der Waals surface area contributed by atoms with Crippen LogP contribution in [-0.2, 0) is 9.59 Å². The molecular formula is C24H46O4. The van der Waals surface area contributed by atoms with Crippen molar-refractivity contribution in [2.45, 2.75) is 135 Å². The van der Waals surface area contributed by atoms with E-state index in [0.29, 0.717) is 0 Å². The zero-order chi connectivity index (χ0) is 20.9. The Morgan fingerprint density at radius 1 is 0.571 bits per heavy atom. The van der Waals surface area contributed by atoms with E-state index >= 15 is 0 Å². The number of hydrogen-bond donors (Lipinski definition) is 2. The van der Waals surface area contributed by atoms with Crippen LogP contribution in [0, 0.1) is 5.92 Å². The molecule has 0 unspecified atom stereocenters. The minimum absolute atomic E-state index is 0.152. The maximum atomic E-state index is 11.4. The monoisotopic (exact) mass is 398 g/mol. The second-order valence-electron chi connectivity index (χ2n) is 8.41. The van der Waals surface area contributed by atoms with Crippen LogP contribution in [0.5, 0.6) is 0 Å². The molecule has 2 N–H and O–H groups in total. The Kier molecular flexibility index (Phi) is 19.9. The molecule has 0 amide bonds. The molecule has 0 radical (unpaired) electrons. The lowest BCUT2D eigenvalue weighted by molar-refractivity contribution is -0.142. The third-order valence-corrected chi connectivity index (χ3v) is 5.70. The molecule has 4 heteroatoms. The fourth-order valence-electron chi connectivity index (χ4n) is 3.82. The lowest BCUT2D eigenvalue weighted by atomic mass is 9.94. The van der Waals surface area contributed by atoms with Crippen molar-refractivity contribution in [3.8, 4) is 0 Å². The molecule has 4 nitrogen and oxygen atoms in total. The second-order valence-corrected chi connectivity index (χ2v) is 8.41. The number of rotatable bonds is 22. The predicted molar refractivity (Wildman–Crippen MR) is 117 cm³/mol. The standard InChI is InChI=1S/C24H46O4/c1-2-3-4-5-6-7-10-13-16-19-22(24(27)28)20-17-14-11-8-9-12-15-18-21-23(25)26/h22H,2-21H2,1H3,(H,25,26)(H,27,28)/t22-/m0/s1. The summed E-state index contributed by atoms with van der Waals surface area (Å²) in [4.78, 5) is 21.9. The molecule has 1 atom stereocenters. The third-order valence-electron chi connectivity index (χ3n) is 5.70. The van der Waals surface area contributed by atoms with Crippen LogP contribution in [0.25, 0.3) is 0 Å². The lowest BCUT2D eigenvalue weighted by Gasteiger charge is -2.12. The van der Waals surface area contributed by atoms with E-state index in [9.17, 15) is 14.7 Å². The molecule has 0 aromatic rings. The second kappa shape index (κ2) is 20.7. The number of aliphatic carboxylic acids is 2. The van der Waals surface area contributed by atoms with Crippen molar-refractivity contribution in [2.24, 2.45) is 5.92 Å². The molecule has 0 saturated heterocycles. The van der Waals surface area contributed by atoms with Crippen molar-refractivity contribution in [2.75, 3.05) is 0 Å². The Morgan fingerprint density at radius 2 is 0.929 bits per heavy atom. The summed E-state index contributed by atoms with van der Waals surface area (Å²) < 4.78 is 0. The first kappa shape index (κ1) is 26.9. The van der Waals surface area contributed by atoms with Crippen LogP contribution in [0.2, 0.25) is 0 Å². The minimum atomic E-state index is -0.699. The normalized spacial score (nSPS) is 12.2. The molecule has 0 heterocycles. The molecular weight excluding hydrogens is 352 g/mol. The van der Waals surface area contributed by atoms with E-state index in [1.54, 1.807) is 0 Å². The van der Waals surface area contributed by atoms with Gasteiger partial charge in [-0.2, -0.15) is 0 Å². The largest absolute Gasteiger partial charge is 0.481 e. The first-order chi connectivity index (χ1) is 13.6. The van der Waals surface area contributed by atoms with Gasteiger partial charge in [0, 0.05) is 6.42 Å². The van der Waals surface area contributed by atoms with Crippen molar-refractivity contribution in [1.82, 2.24) is 0 Å². The molecule has 0 saturated carbocycles. The summed E-state index contributed by atoms with van der Waals surface area (Å²) in [6.45, 7) is 2.24. The van der Waals surface area contributed by atoms with Crippen LogP contribution < -0.4 is 0 Å². The fourth-order valence-corrected chi connectivity index (χ4v) is 3.82. The van der Waals surface area contributed by atoms with Crippen LogP contribution >= 0.6 is 0 Å². The SMILES string of the molecule is CCCCCCCCCCC[C@@H](CCCCCCCCCCC(=O)O)C(=O)O. The minimum Gasteiger partial charge on any atom is -0.481 e. The van der Waals surface area contributed by atoms with Crippen LogP contribution in [0.1, 0.15) is 135 Å². The third kappa shape index (κ3) is 19.7. The molecule has 166 valence electrons. The van der Waals surface area contributed by atoms with Crippen molar-refractivity contribution in [3.05, 3.63) is 0 Å². The summed E-state index contributed by atoms with van der Waals surface area (Å²) in [6.07, 6.45) is 22.0. The van der Waals surface area contributed by atoms with E-state index in [1.165, 1.54) is 70.6 Å². The molecule has 0 aliphatic rings. The molecule has 0 aromatic carbocycles. The maximum Gasteiger partial charge on any atom is 0.306 e. The highest BCUT2D eigenvalue weighted by atomic mass is 16.4. The Labute approximate surface area is 173 Å². The van der Waals surface area contributed by atoms with Gasteiger partial charge in [0.1, 0.15) is 0 Å². The van der Waals surface area contributed by atoms with Gasteiger partial charge >= 0.3 is 11.9 Å². The van der Waals surface area contributed by atoms with Crippen LogP contribution in [0.4, 0.5) is 0 Å². The Hall–Kier alpha value is -1.06. The molecule has 0 aliphatic carbocycles. The summed E-state index contributed by atoms with van der Waals surface area (Å²) >= 11 is 0. The average Bonchev–Trinajstić information content (AvgIpc) is 2.65. The van der Waals surface area contributed by atoms with E-state index in [4.69, 9.17) is 5.11 Å². The predicted octanol–water partition coefficient (Wildman–Crippen LogP) is 7.59. The number of carbonyl (C=O) groups is 2. The zero-order valence-electron chi connectivity index (χ0n) is 18.4. The van der Waals surface area contributed by atoms with Gasteiger partial charge in [0.15, 0.2) is 0 Å². The molecule has 0 aromatic heterocycles. The maximum absolute atomic E-state index is 11.4. The first-order valence-corrected chi connectivity index (χ1v) is 12.0. The highest BCUT2D eigenvalue weighted by Crippen LogP contribution is 2.20. The van der Waals surface area contributed by atoms with E-state index in [0.717, 1.165) is 51.4 Å². The van der Waals surface area contributed by atoms with Gasteiger partial charge in [-0.1, -0.05) is 110 Å². The van der Waals surface area contributed by atoms with Crippen molar-refractivity contribution in [1.29, 1.82) is 0 Å². The summed E-state index contributed by atoms with van der Waals surface area (Å²) in [7, 11) is 0. The van der Waals surface area contributed by atoms with Gasteiger partial charge < -0.3 is 10.2 Å². The van der Waals surface area contributed by atoms with Crippen LogP contribution in [-0.4, -0.2) is 22.2 Å². The number of unbranched alkanes of at least 4 members (excludes halogenated alkanes) is 15. The Balaban J connectivity index is 3.48. The average molecular weight is 399 g/mol. The Bertz CT molecular complexity index is 368. The van der Waals surface area contributed by atoms with Gasteiger partial charge in [-0.25, -0.2) is 0 Å². The topological polar surface area (TPSA) is 74.6 Å². The number of carboxylic acid groups (broad SMARTS) is 2. The molecule has 0 rings (SSSR count). The molecule has 0 spiro atoms. The lowest BCUT2D eigenvalue weighted by Crippen LogP contribution is -2.13. The fraction of sp³-hybridized carbons (Fsp3) is 0.917. The molecule has 0 fully saturated rings. The number of carboxylic acids is 2. The van der Waals surface area contributed by atoms with Gasteiger partial charge in [0.05, 0.1) is 5.92 Å². The van der Waals surface area contributed by atoms with Crippen molar-refractivity contribution < 1.29 is 19.8 Å².